The Labute approximate surface area is 149 Å². The molecule has 2 fully saturated rings. The van der Waals surface area contributed by atoms with Gasteiger partial charge in [0.1, 0.15) is 0 Å². The van der Waals surface area contributed by atoms with E-state index < -0.39 is 71.6 Å². The van der Waals surface area contributed by atoms with Crippen molar-refractivity contribution in [2.45, 2.75) is 12.2 Å². The van der Waals surface area contributed by atoms with Crippen LogP contribution in [0.25, 0.3) is 0 Å². The Morgan fingerprint density at radius 3 is 0.885 bits per heavy atom. The third-order valence-corrected chi connectivity index (χ3v) is 5.47. The minimum absolute atomic E-state index is 0.870. The van der Waals surface area contributed by atoms with Crippen LogP contribution in [0.3, 0.4) is 0 Å². The van der Waals surface area contributed by atoms with Gasteiger partial charge in [-0.05, 0) is 11.8 Å². The molecule has 2 aliphatic rings. The van der Waals surface area contributed by atoms with Crippen LogP contribution >= 0.6 is 0 Å². The fourth-order valence-electron chi connectivity index (χ4n) is 4.49. The van der Waals surface area contributed by atoms with Crippen LogP contribution in [-0.4, -0.2) is 74.7 Å². The molecule has 2 saturated carbocycles. The molecule has 2 aliphatic carbocycles. The van der Waals surface area contributed by atoms with Gasteiger partial charge in [0, 0.05) is 0 Å². The predicted molar refractivity (Wildman–Crippen MR) is 81.0 cm³/mol. The molecule has 0 amide bonds. The first-order valence-electron chi connectivity index (χ1n) is 7.94. The number of esters is 4. The number of aliphatic hydroxyl groups excluding tert-OH is 2. The lowest BCUT2D eigenvalue weighted by atomic mass is 9.82. The third kappa shape index (κ3) is 2.82. The molecule has 146 valence electrons. The summed E-state index contributed by atoms with van der Waals surface area (Å²) in [6, 6.07) is 0. The highest BCUT2D eigenvalue weighted by atomic mass is 16.5. The molecule has 2 N–H and O–H groups in total. The van der Waals surface area contributed by atoms with Gasteiger partial charge in [0.25, 0.3) is 0 Å². The Bertz CT molecular complexity index is 502. The molecule has 10 heteroatoms. The van der Waals surface area contributed by atoms with E-state index in [1.807, 2.05) is 0 Å². The highest BCUT2D eigenvalue weighted by Gasteiger charge is 2.70. The molecular formula is C16H22O10. The molecule has 10 nitrogen and oxygen atoms in total. The van der Waals surface area contributed by atoms with E-state index in [9.17, 15) is 29.4 Å². The summed E-state index contributed by atoms with van der Waals surface area (Å²) in [6.07, 6.45) is -3.12. The van der Waals surface area contributed by atoms with E-state index in [4.69, 9.17) is 18.9 Å². The van der Waals surface area contributed by atoms with Crippen LogP contribution in [0.5, 0.6) is 0 Å². The summed E-state index contributed by atoms with van der Waals surface area (Å²) in [4.78, 5) is 49.0. The zero-order valence-corrected chi connectivity index (χ0v) is 14.8. The summed E-state index contributed by atoms with van der Waals surface area (Å²) < 4.78 is 18.8. The maximum Gasteiger partial charge on any atom is 0.311 e. The second kappa shape index (κ2) is 7.58. The first-order valence-corrected chi connectivity index (χ1v) is 7.94. The van der Waals surface area contributed by atoms with Crippen molar-refractivity contribution >= 4 is 23.9 Å². The average molecular weight is 374 g/mol. The summed E-state index contributed by atoms with van der Waals surface area (Å²) in [7, 11) is 4.36. The number of fused-ring (bicyclic) bond motifs is 1. The van der Waals surface area contributed by atoms with E-state index in [0.29, 0.717) is 0 Å². The second-order valence-electron chi connectivity index (χ2n) is 6.33. The number of aliphatic hydroxyl groups is 2. The number of hydrogen-bond acceptors (Lipinski definition) is 10. The molecule has 0 radical (unpaired) electrons. The van der Waals surface area contributed by atoms with E-state index in [1.165, 1.54) is 0 Å². The highest BCUT2D eigenvalue weighted by Crippen LogP contribution is 2.57. The maximum absolute atomic E-state index is 12.2. The number of carbonyl (C=O) groups excluding carboxylic acids is 4. The van der Waals surface area contributed by atoms with Gasteiger partial charge < -0.3 is 29.2 Å². The van der Waals surface area contributed by atoms with Crippen LogP contribution in [0, 0.1) is 35.5 Å². The van der Waals surface area contributed by atoms with Crippen molar-refractivity contribution in [2.75, 3.05) is 28.4 Å². The zero-order chi connectivity index (χ0) is 19.8. The minimum Gasteiger partial charge on any atom is -0.469 e. The second-order valence-corrected chi connectivity index (χ2v) is 6.33. The van der Waals surface area contributed by atoms with E-state index in [1.54, 1.807) is 0 Å². The molecule has 0 aromatic heterocycles. The Morgan fingerprint density at radius 2 is 0.731 bits per heavy atom. The van der Waals surface area contributed by atoms with Crippen molar-refractivity contribution in [3.63, 3.8) is 0 Å². The van der Waals surface area contributed by atoms with Crippen molar-refractivity contribution in [1.82, 2.24) is 0 Å². The van der Waals surface area contributed by atoms with Crippen LogP contribution in [0.1, 0.15) is 0 Å². The lowest BCUT2D eigenvalue weighted by Gasteiger charge is -2.26. The first-order chi connectivity index (χ1) is 12.3. The van der Waals surface area contributed by atoms with E-state index in [0.717, 1.165) is 28.4 Å². The smallest absolute Gasteiger partial charge is 0.311 e. The van der Waals surface area contributed by atoms with Gasteiger partial charge in [0.15, 0.2) is 0 Å². The fraction of sp³-hybridized carbons (Fsp3) is 0.750. The van der Waals surface area contributed by atoms with Gasteiger partial charge >= 0.3 is 23.9 Å². The third-order valence-electron chi connectivity index (χ3n) is 5.47. The lowest BCUT2D eigenvalue weighted by Crippen LogP contribution is -2.43. The molecule has 0 spiro atoms. The summed E-state index contributed by atoms with van der Waals surface area (Å²) in [6.45, 7) is 0. The van der Waals surface area contributed by atoms with Gasteiger partial charge in [-0.25, -0.2) is 0 Å². The van der Waals surface area contributed by atoms with Crippen molar-refractivity contribution in [2.24, 2.45) is 35.5 Å². The SMILES string of the molecule is COC(=O)C1C(O)[C@@H](C(=O)OC)C2C(C(=O)OC)C(O)[C@@H](C(=O)OC)C12. The van der Waals surface area contributed by atoms with Gasteiger partial charge in [0.2, 0.25) is 0 Å². The number of ether oxygens (including phenoxy) is 4. The molecule has 0 bridgehead atoms. The molecular weight excluding hydrogens is 352 g/mol. The summed E-state index contributed by atoms with van der Waals surface area (Å²) in [5, 5.41) is 21.2. The molecule has 0 aromatic carbocycles. The highest BCUT2D eigenvalue weighted by molar-refractivity contribution is 5.86. The molecule has 26 heavy (non-hydrogen) atoms. The number of hydrogen-bond donors (Lipinski definition) is 2. The Kier molecular flexibility index (Phi) is 5.87. The average Bonchev–Trinajstić information content (AvgIpc) is 3.08. The van der Waals surface area contributed by atoms with Crippen LogP contribution < -0.4 is 0 Å². The Hall–Kier alpha value is -2.20. The number of methoxy groups -OCH3 is 4. The van der Waals surface area contributed by atoms with E-state index in [-0.39, 0.29) is 0 Å². The quantitative estimate of drug-likeness (QED) is 0.423. The van der Waals surface area contributed by atoms with E-state index >= 15 is 0 Å². The van der Waals surface area contributed by atoms with Gasteiger partial charge in [-0.3, -0.25) is 19.2 Å². The van der Waals surface area contributed by atoms with Crippen molar-refractivity contribution in [1.29, 1.82) is 0 Å². The zero-order valence-electron chi connectivity index (χ0n) is 14.8. The molecule has 0 aliphatic heterocycles. The van der Waals surface area contributed by atoms with Crippen LogP contribution in [0.2, 0.25) is 0 Å². The largest absolute Gasteiger partial charge is 0.469 e. The maximum atomic E-state index is 12.2. The minimum atomic E-state index is -1.56. The lowest BCUT2D eigenvalue weighted by molar-refractivity contribution is -0.160. The molecule has 6 unspecified atom stereocenters. The van der Waals surface area contributed by atoms with Crippen molar-refractivity contribution in [3.05, 3.63) is 0 Å². The Balaban J connectivity index is 2.63. The van der Waals surface area contributed by atoms with E-state index in [2.05, 4.69) is 0 Å². The molecule has 8 atom stereocenters. The van der Waals surface area contributed by atoms with Gasteiger partial charge in [-0.1, -0.05) is 0 Å². The van der Waals surface area contributed by atoms with Crippen molar-refractivity contribution < 1.29 is 48.3 Å². The first kappa shape index (κ1) is 20.1. The standard InChI is InChI=1S/C16H22O10/c1-23-13(19)7-5-6(9(11(7)17)15(21)25-3)10(16(22)26-4)12(18)8(5)14(20)24-2/h5-12,17-18H,1-4H3/t5?,6?,7-,8?,9?,10-,11?,12?/m0/s1. The van der Waals surface area contributed by atoms with Gasteiger partial charge in [-0.2, -0.15) is 0 Å². The monoisotopic (exact) mass is 374 g/mol. The summed E-state index contributed by atoms with van der Waals surface area (Å²) in [5.74, 6) is -10.9. The predicted octanol–water partition coefficient (Wildman–Crippen LogP) is -1.88. The topological polar surface area (TPSA) is 146 Å². The molecule has 0 aromatic rings. The number of carbonyl (C=O) groups is 4. The summed E-state index contributed by atoms with van der Waals surface area (Å²) in [5.41, 5.74) is 0. The molecule has 0 heterocycles. The normalized spacial score (nSPS) is 38.2. The molecule has 0 saturated heterocycles. The van der Waals surface area contributed by atoms with Gasteiger partial charge in [-0.15, -0.1) is 0 Å². The number of rotatable bonds is 4. The van der Waals surface area contributed by atoms with Crippen LogP contribution in [-0.2, 0) is 38.1 Å². The van der Waals surface area contributed by atoms with Crippen LogP contribution in [0.4, 0.5) is 0 Å². The Morgan fingerprint density at radius 1 is 0.538 bits per heavy atom. The summed E-state index contributed by atoms with van der Waals surface area (Å²) >= 11 is 0. The van der Waals surface area contributed by atoms with Crippen molar-refractivity contribution in [3.8, 4) is 0 Å². The molecule has 2 rings (SSSR count). The fourth-order valence-corrected chi connectivity index (χ4v) is 4.49. The van der Waals surface area contributed by atoms with Gasteiger partial charge in [0.05, 0.1) is 64.3 Å². The van der Waals surface area contributed by atoms with Crippen LogP contribution in [0.15, 0.2) is 0 Å².